The van der Waals surface area contributed by atoms with Gasteiger partial charge in [0.25, 0.3) is 17.0 Å². The Bertz CT molecular complexity index is 1350. The molecule has 0 spiro atoms. The molecule has 1 aromatic heterocycles. The Morgan fingerprint density at radius 3 is 2.40 bits per heavy atom. The molecule has 2 aromatic carbocycles. The van der Waals surface area contributed by atoms with Gasteiger partial charge in [0.2, 0.25) is 0 Å². The molecule has 9 nitrogen and oxygen atoms in total. The molecule has 30 heavy (non-hydrogen) atoms. The third-order valence-electron chi connectivity index (χ3n) is 4.45. The molecule has 3 aromatic rings. The average molecular weight is 404 g/mol. The van der Waals surface area contributed by atoms with E-state index in [1.165, 1.54) is 18.2 Å². The number of benzene rings is 2. The van der Waals surface area contributed by atoms with E-state index in [0.29, 0.717) is 17.9 Å². The molecule has 0 fully saturated rings. The minimum absolute atomic E-state index is 0.0493. The number of H-pyrrole nitrogens is 1. The molecule has 1 aliphatic heterocycles. The van der Waals surface area contributed by atoms with Crippen molar-refractivity contribution in [2.24, 2.45) is 4.99 Å². The Labute approximate surface area is 169 Å². The van der Waals surface area contributed by atoms with Crippen molar-refractivity contribution < 1.29 is 14.3 Å². The standard InChI is InChI=1S/C21H16N4O5/c1-2-30-13-9-7-12(8-10-13)11-16-17(22-21(29)23-18(16)26)25-20(28)15-6-4-3-5-14(15)19(27)24-25/h3-11H,2H2,1H3,(H,24,27)(H,23,26,29)/b16-11-. The van der Waals surface area contributed by atoms with Crippen LogP contribution in [0.1, 0.15) is 12.5 Å². The number of ether oxygens (including phenoxy) is 1. The number of carbonyl (C=O) groups excluding carboxylic acids is 2. The van der Waals surface area contributed by atoms with Crippen LogP contribution in [0.4, 0.5) is 4.79 Å². The summed E-state index contributed by atoms with van der Waals surface area (Å²) in [5.41, 5.74) is -0.593. The Morgan fingerprint density at radius 1 is 1.00 bits per heavy atom. The molecule has 2 heterocycles. The number of aliphatic imine (C=N–C) groups is 1. The predicted molar refractivity (Wildman–Crippen MR) is 111 cm³/mol. The predicted octanol–water partition coefficient (Wildman–Crippen LogP) is 1.67. The van der Waals surface area contributed by atoms with Gasteiger partial charge >= 0.3 is 6.03 Å². The van der Waals surface area contributed by atoms with Crippen molar-refractivity contribution >= 4 is 34.6 Å². The number of fused-ring (bicyclic) bond motifs is 1. The lowest BCUT2D eigenvalue weighted by molar-refractivity contribution is -0.116. The van der Waals surface area contributed by atoms with Crippen LogP contribution < -0.4 is 21.2 Å². The van der Waals surface area contributed by atoms with E-state index in [-0.39, 0.29) is 22.2 Å². The second-order valence-electron chi connectivity index (χ2n) is 6.38. The van der Waals surface area contributed by atoms with Crippen LogP contribution in [0.2, 0.25) is 0 Å². The van der Waals surface area contributed by atoms with Crippen LogP contribution in [-0.2, 0) is 4.79 Å². The van der Waals surface area contributed by atoms with Gasteiger partial charge in [-0.05, 0) is 42.8 Å². The van der Waals surface area contributed by atoms with E-state index in [9.17, 15) is 19.2 Å². The number of urea groups is 1. The van der Waals surface area contributed by atoms with Gasteiger partial charge in [-0.25, -0.2) is 4.79 Å². The van der Waals surface area contributed by atoms with Gasteiger partial charge in [-0.1, -0.05) is 24.3 Å². The zero-order valence-electron chi connectivity index (χ0n) is 15.8. The summed E-state index contributed by atoms with van der Waals surface area (Å²) in [4.78, 5) is 53.5. The molecule has 0 radical (unpaired) electrons. The van der Waals surface area contributed by atoms with Crippen LogP contribution in [0.5, 0.6) is 5.75 Å². The molecule has 9 heteroatoms. The van der Waals surface area contributed by atoms with Crippen molar-refractivity contribution in [3.63, 3.8) is 0 Å². The van der Waals surface area contributed by atoms with E-state index < -0.39 is 23.1 Å². The molecule has 0 saturated carbocycles. The van der Waals surface area contributed by atoms with Gasteiger partial charge in [-0.3, -0.25) is 24.8 Å². The van der Waals surface area contributed by atoms with Crippen LogP contribution in [0.25, 0.3) is 16.8 Å². The molecule has 0 saturated heterocycles. The fraction of sp³-hybridized carbons (Fsp3) is 0.0952. The third-order valence-corrected chi connectivity index (χ3v) is 4.45. The second kappa shape index (κ2) is 7.63. The van der Waals surface area contributed by atoms with E-state index in [0.717, 1.165) is 4.68 Å². The summed E-state index contributed by atoms with van der Waals surface area (Å²) in [6.45, 7) is 2.38. The van der Waals surface area contributed by atoms with Gasteiger partial charge in [0.1, 0.15) is 5.75 Å². The highest BCUT2D eigenvalue weighted by Gasteiger charge is 2.28. The number of rotatable bonds is 3. The summed E-state index contributed by atoms with van der Waals surface area (Å²) in [6.07, 6.45) is 1.47. The number of aromatic nitrogens is 2. The average Bonchev–Trinajstić information content (AvgIpc) is 2.74. The van der Waals surface area contributed by atoms with E-state index in [1.807, 2.05) is 6.92 Å². The van der Waals surface area contributed by atoms with Crippen molar-refractivity contribution in [3.05, 3.63) is 80.4 Å². The maximum Gasteiger partial charge on any atom is 0.349 e. The topological polar surface area (TPSA) is 123 Å². The molecule has 2 N–H and O–H groups in total. The van der Waals surface area contributed by atoms with Crippen molar-refractivity contribution in [3.8, 4) is 5.75 Å². The maximum absolute atomic E-state index is 12.9. The van der Waals surface area contributed by atoms with E-state index >= 15 is 0 Å². The van der Waals surface area contributed by atoms with Gasteiger partial charge in [0.05, 0.1) is 23.0 Å². The molecule has 0 aliphatic carbocycles. The Balaban J connectivity index is 1.88. The van der Waals surface area contributed by atoms with Crippen molar-refractivity contribution in [2.75, 3.05) is 6.61 Å². The summed E-state index contributed by atoms with van der Waals surface area (Å²) >= 11 is 0. The lowest BCUT2D eigenvalue weighted by atomic mass is 10.1. The van der Waals surface area contributed by atoms with Crippen molar-refractivity contribution in [1.29, 1.82) is 0 Å². The Morgan fingerprint density at radius 2 is 1.70 bits per heavy atom. The van der Waals surface area contributed by atoms with E-state index in [1.54, 1.807) is 36.4 Å². The molecule has 0 unspecified atom stereocenters. The highest BCUT2D eigenvalue weighted by molar-refractivity contribution is 6.31. The zero-order chi connectivity index (χ0) is 21.3. The number of hydrogen-bond donors (Lipinski definition) is 2. The first-order chi connectivity index (χ1) is 14.5. The molecule has 4 rings (SSSR count). The Hall–Kier alpha value is -4.27. The largest absolute Gasteiger partial charge is 0.494 e. The quantitative estimate of drug-likeness (QED) is 0.643. The zero-order valence-corrected chi connectivity index (χ0v) is 15.8. The van der Waals surface area contributed by atoms with Crippen molar-refractivity contribution in [1.82, 2.24) is 15.1 Å². The maximum atomic E-state index is 12.9. The monoisotopic (exact) mass is 404 g/mol. The second-order valence-corrected chi connectivity index (χ2v) is 6.38. The first-order valence-corrected chi connectivity index (χ1v) is 9.11. The number of amides is 3. The van der Waals surface area contributed by atoms with Gasteiger partial charge in [0, 0.05) is 0 Å². The fourth-order valence-electron chi connectivity index (χ4n) is 3.09. The first-order valence-electron chi connectivity index (χ1n) is 9.11. The summed E-state index contributed by atoms with van der Waals surface area (Å²) in [5, 5.41) is 4.82. The summed E-state index contributed by atoms with van der Waals surface area (Å²) in [6, 6.07) is 12.2. The van der Waals surface area contributed by atoms with Crippen LogP contribution in [0.3, 0.4) is 0 Å². The van der Waals surface area contributed by atoms with Crippen molar-refractivity contribution in [2.45, 2.75) is 6.92 Å². The SMILES string of the molecule is CCOc1ccc(/C=C2\C(=O)NC(=O)N=C2n2[nH]c(=O)c3ccccc3c2=O)cc1. The van der Waals surface area contributed by atoms with Gasteiger partial charge in [-0.15, -0.1) is 0 Å². The number of imide groups is 1. The van der Waals surface area contributed by atoms with E-state index in [2.05, 4.69) is 15.4 Å². The minimum atomic E-state index is -0.931. The lowest BCUT2D eigenvalue weighted by Gasteiger charge is -2.17. The number of hydrogen-bond acceptors (Lipinski definition) is 5. The smallest absolute Gasteiger partial charge is 0.349 e. The highest BCUT2D eigenvalue weighted by Crippen LogP contribution is 2.17. The minimum Gasteiger partial charge on any atom is -0.494 e. The number of nitrogens with one attached hydrogen (secondary N) is 2. The van der Waals surface area contributed by atoms with Crippen LogP contribution in [0, 0.1) is 0 Å². The normalized spacial score (nSPS) is 15.2. The fourth-order valence-corrected chi connectivity index (χ4v) is 3.09. The highest BCUT2D eigenvalue weighted by atomic mass is 16.5. The molecule has 3 amide bonds. The van der Waals surface area contributed by atoms with Gasteiger partial charge in [0.15, 0.2) is 5.84 Å². The summed E-state index contributed by atoms with van der Waals surface area (Å²) in [7, 11) is 0. The third kappa shape index (κ3) is 3.44. The number of nitrogens with zero attached hydrogens (tertiary/aromatic N) is 2. The summed E-state index contributed by atoms with van der Waals surface area (Å²) in [5.74, 6) is -0.336. The van der Waals surface area contributed by atoms with Gasteiger partial charge < -0.3 is 4.74 Å². The Kier molecular flexibility index (Phi) is 4.85. The van der Waals surface area contributed by atoms with E-state index in [4.69, 9.17) is 4.74 Å². The molecule has 1 aliphatic rings. The molecule has 150 valence electrons. The molecule has 0 atom stereocenters. The van der Waals surface area contributed by atoms with Crippen LogP contribution in [0.15, 0.2) is 68.7 Å². The lowest BCUT2D eigenvalue weighted by Crippen LogP contribution is -2.44. The molecular formula is C21H16N4O5. The van der Waals surface area contributed by atoms with Crippen LogP contribution in [-0.4, -0.2) is 34.2 Å². The molecule has 0 bridgehead atoms. The first kappa shape index (κ1) is 19.1. The summed E-state index contributed by atoms with van der Waals surface area (Å²) < 4.78 is 6.21. The van der Waals surface area contributed by atoms with Gasteiger partial charge in [-0.2, -0.15) is 9.67 Å². The van der Waals surface area contributed by atoms with Crippen LogP contribution >= 0.6 is 0 Å². The number of carbonyl (C=O) groups is 2. The number of aromatic amines is 1. The molecular weight excluding hydrogens is 388 g/mol.